The second-order valence-electron chi connectivity index (χ2n) is 4.55. The van der Waals surface area contributed by atoms with Gasteiger partial charge in [-0.3, -0.25) is 4.68 Å². The number of benzene rings is 1. The Hall–Kier alpha value is -1.17. The second-order valence-corrected chi connectivity index (χ2v) is 5.36. The third-order valence-electron chi connectivity index (χ3n) is 2.95. The lowest BCUT2D eigenvalue weighted by molar-refractivity contribution is 0.560. The Morgan fingerprint density at radius 3 is 2.75 bits per heavy atom. The summed E-state index contributed by atoms with van der Waals surface area (Å²) in [7, 11) is 1.82. The topological polar surface area (TPSA) is 42.7 Å². The van der Waals surface area contributed by atoms with Gasteiger partial charge in [0.25, 0.3) is 0 Å². The molecule has 2 aromatic rings. The molecule has 0 fully saturated rings. The van der Waals surface area contributed by atoms with Gasteiger partial charge < -0.3 is 5.32 Å². The highest BCUT2D eigenvalue weighted by molar-refractivity contribution is 6.35. The number of aromatic nitrogens is 3. The molecule has 0 spiro atoms. The maximum atomic E-state index is 13.5. The highest BCUT2D eigenvalue weighted by Gasteiger charge is 2.13. The van der Waals surface area contributed by atoms with Crippen LogP contribution in [-0.2, 0) is 13.5 Å². The molecule has 2 rings (SSSR count). The predicted octanol–water partition coefficient (Wildman–Crippen LogP) is 3.15. The van der Waals surface area contributed by atoms with E-state index in [4.69, 9.17) is 23.2 Å². The largest absolute Gasteiger partial charge is 0.310 e. The third-order valence-corrected chi connectivity index (χ3v) is 3.57. The minimum atomic E-state index is -0.467. The molecule has 20 heavy (non-hydrogen) atoms. The lowest BCUT2D eigenvalue weighted by atomic mass is 10.1. The molecule has 0 bridgehead atoms. The van der Waals surface area contributed by atoms with Crippen LogP contribution in [0.3, 0.4) is 0 Å². The molecule has 0 aliphatic carbocycles. The quantitative estimate of drug-likeness (QED) is 0.862. The number of halogens is 3. The van der Waals surface area contributed by atoms with Crippen molar-refractivity contribution in [1.29, 1.82) is 0 Å². The van der Waals surface area contributed by atoms with Crippen LogP contribution in [0.15, 0.2) is 18.5 Å². The number of nitrogens with one attached hydrogen (secondary N) is 1. The van der Waals surface area contributed by atoms with Crippen molar-refractivity contribution in [2.75, 3.05) is 6.54 Å². The summed E-state index contributed by atoms with van der Waals surface area (Å²) in [6, 6.07) is 2.70. The van der Waals surface area contributed by atoms with Crippen molar-refractivity contribution >= 4 is 23.2 Å². The van der Waals surface area contributed by atoms with Crippen molar-refractivity contribution in [3.8, 4) is 0 Å². The van der Waals surface area contributed by atoms with Crippen molar-refractivity contribution < 1.29 is 4.39 Å². The van der Waals surface area contributed by atoms with E-state index in [1.807, 2.05) is 14.0 Å². The van der Waals surface area contributed by atoms with Gasteiger partial charge in [-0.25, -0.2) is 9.37 Å². The minimum Gasteiger partial charge on any atom is -0.310 e. The summed E-state index contributed by atoms with van der Waals surface area (Å²) < 4.78 is 15.1. The molecule has 0 saturated carbocycles. The van der Waals surface area contributed by atoms with Gasteiger partial charge in [0, 0.05) is 31.1 Å². The van der Waals surface area contributed by atoms with Crippen LogP contribution in [0.5, 0.6) is 0 Å². The molecule has 1 N–H and O–H groups in total. The fourth-order valence-electron chi connectivity index (χ4n) is 1.88. The summed E-state index contributed by atoms with van der Waals surface area (Å²) >= 11 is 11.8. The van der Waals surface area contributed by atoms with Crippen LogP contribution in [0.2, 0.25) is 10.0 Å². The molecule has 7 heteroatoms. The van der Waals surface area contributed by atoms with Gasteiger partial charge in [0.05, 0.1) is 5.02 Å². The van der Waals surface area contributed by atoms with Crippen molar-refractivity contribution in [1.82, 2.24) is 20.1 Å². The molecule has 0 radical (unpaired) electrons. The summed E-state index contributed by atoms with van der Waals surface area (Å²) in [5, 5.41) is 7.93. The normalized spacial score (nSPS) is 12.7. The Kier molecular flexibility index (Phi) is 4.96. The number of rotatable bonds is 5. The molecule has 1 heterocycles. The Balaban J connectivity index is 1.95. The zero-order valence-corrected chi connectivity index (χ0v) is 12.7. The van der Waals surface area contributed by atoms with Crippen LogP contribution in [0, 0.1) is 5.82 Å². The number of aryl methyl sites for hydroxylation is 1. The SMILES string of the molecule is CC(NCCc1ncn(C)n1)c1cc(F)c(Cl)cc1Cl. The Morgan fingerprint density at radius 1 is 1.35 bits per heavy atom. The smallest absolute Gasteiger partial charge is 0.151 e. The highest BCUT2D eigenvalue weighted by atomic mass is 35.5. The van der Waals surface area contributed by atoms with E-state index < -0.39 is 5.82 Å². The summed E-state index contributed by atoms with van der Waals surface area (Å²) in [6.45, 7) is 2.59. The standard InChI is InChI=1S/C13H15Cl2FN4/c1-8(9-5-12(16)11(15)6-10(9)14)17-4-3-13-18-7-20(2)19-13/h5-8,17H,3-4H2,1-2H3. The van der Waals surface area contributed by atoms with Crippen LogP contribution in [0.4, 0.5) is 4.39 Å². The van der Waals surface area contributed by atoms with E-state index in [1.165, 1.54) is 12.1 Å². The summed E-state index contributed by atoms with van der Waals surface area (Å²) in [5.74, 6) is 0.298. The highest BCUT2D eigenvalue weighted by Crippen LogP contribution is 2.28. The van der Waals surface area contributed by atoms with Crippen LogP contribution < -0.4 is 5.32 Å². The van der Waals surface area contributed by atoms with E-state index in [2.05, 4.69) is 15.4 Å². The molecule has 4 nitrogen and oxygen atoms in total. The summed E-state index contributed by atoms with van der Waals surface area (Å²) in [5.41, 5.74) is 0.683. The molecule has 0 amide bonds. The Morgan fingerprint density at radius 2 is 2.10 bits per heavy atom. The number of nitrogens with zero attached hydrogens (tertiary/aromatic N) is 3. The van der Waals surface area contributed by atoms with E-state index in [1.54, 1.807) is 11.0 Å². The van der Waals surface area contributed by atoms with Gasteiger partial charge in [0.15, 0.2) is 5.82 Å². The molecule has 1 aromatic carbocycles. The molecule has 0 aliphatic rings. The van der Waals surface area contributed by atoms with E-state index in [0.29, 0.717) is 23.6 Å². The molecule has 1 atom stereocenters. The maximum Gasteiger partial charge on any atom is 0.151 e. The fourth-order valence-corrected chi connectivity index (χ4v) is 2.43. The van der Waals surface area contributed by atoms with Crippen LogP contribution in [0.25, 0.3) is 0 Å². The molecular weight excluding hydrogens is 302 g/mol. The molecule has 0 saturated heterocycles. The fraction of sp³-hybridized carbons (Fsp3) is 0.385. The third kappa shape index (κ3) is 3.69. The Labute approximate surface area is 126 Å². The van der Waals surface area contributed by atoms with Crippen LogP contribution >= 0.6 is 23.2 Å². The first kappa shape index (κ1) is 15.2. The molecular formula is C13H15Cl2FN4. The first-order chi connectivity index (χ1) is 9.47. The summed E-state index contributed by atoms with van der Waals surface area (Å²) in [4.78, 5) is 4.14. The van der Waals surface area contributed by atoms with Crippen molar-refractivity contribution in [3.63, 3.8) is 0 Å². The van der Waals surface area contributed by atoms with E-state index in [9.17, 15) is 4.39 Å². The van der Waals surface area contributed by atoms with Gasteiger partial charge in [-0.2, -0.15) is 5.10 Å². The second kappa shape index (κ2) is 6.52. The first-order valence-corrected chi connectivity index (χ1v) is 6.95. The maximum absolute atomic E-state index is 13.5. The zero-order valence-electron chi connectivity index (χ0n) is 11.2. The average molecular weight is 317 g/mol. The molecule has 108 valence electrons. The van der Waals surface area contributed by atoms with Crippen molar-refractivity contribution in [2.45, 2.75) is 19.4 Å². The van der Waals surface area contributed by atoms with Crippen LogP contribution in [0.1, 0.15) is 24.4 Å². The predicted molar refractivity (Wildman–Crippen MR) is 77.5 cm³/mol. The van der Waals surface area contributed by atoms with Gasteiger partial charge >= 0.3 is 0 Å². The molecule has 0 aliphatic heterocycles. The lowest BCUT2D eigenvalue weighted by Crippen LogP contribution is -2.22. The summed E-state index contributed by atoms with van der Waals surface area (Å²) in [6.07, 6.45) is 2.35. The van der Waals surface area contributed by atoms with Crippen LogP contribution in [-0.4, -0.2) is 21.3 Å². The van der Waals surface area contributed by atoms with E-state index in [-0.39, 0.29) is 11.1 Å². The van der Waals surface area contributed by atoms with Gasteiger partial charge in [0.2, 0.25) is 0 Å². The van der Waals surface area contributed by atoms with E-state index in [0.717, 1.165) is 5.82 Å². The zero-order chi connectivity index (χ0) is 14.7. The van der Waals surface area contributed by atoms with Crippen molar-refractivity contribution in [2.24, 2.45) is 7.05 Å². The molecule has 1 unspecified atom stereocenters. The first-order valence-electron chi connectivity index (χ1n) is 6.19. The number of hydrogen-bond donors (Lipinski definition) is 1. The number of hydrogen-bond acceptors (Lipinski definition) is 3. The van der Waals surface area contributed by atoms with Crippen molar-refractivity contribution in [3.05, 3.63) is 45.7 Å². The van der Waals surface area contributed by atoms with Gasteiger partial charge in [0.1, 0.15) is 12.1 Å². The van der Waals surface area contributed by atoms with Gasteiger partial charge in [-0.1, -0.05) is 23.2 Å². The van der Waals surface area contributed by atoms with Gasteiger partial charge in [-0.15, -0.1) is 0 Å². The Bertz CT molecular complexity index is 600. The van der Waals surface area contributed by atoms with E-state index >= 15 is 0 Å². The monoisotopic (exact) mass is 316 g/mol. The minimum absolute atomic E-state index is 0.0311. The molecule has 1 aromatic heterocycles. The average Bonchev–Trinajstić information content (AvgIpc) is 2.79. The van der Waals surface area contributed by atoms with Gasteiger partial charge in [-0.05, 0) is 24.6 Å². The lowest BCUT2D eigenvalue weighted by Gasteiger charge is -2.15.